The molecule has 0 fully saturated rings. The van der Waals surface area contributed by atoms with Gasteiger partial charge in [0.15, 0.2) is 0 Å². The van der Waals surface area contributed by atoms with Gasteiger partial charge in [-0.2, -0.15) is 5.10 Å². The molecule has 1 amide bonds. The fraction of sp³-hybridized carbons (Fsp3) is 0.214. The Bertz CT molecular complexity index is 662. The van der Waals surface area contributed by atoms with Gasteiger partial charge in [-0.05, 0) is 17.5 Å². The number of hydrogen-bond acceptors (Lipinski definition) is 5. The second kappa shape index (κ2) is 6.64. The van der Waals surface area contributed by atoms with E-state index in [0.717, 1.165) is 11.4 Å². The van der Waals surface area contributed by atoms with Gasteiger partial charge < -0.3 is 5.32 Å². The molecule has 3 rings (SSSR count). The van der Waals surface area contributed by atoms with Gasteiger partial charge in [-0.1, -0.05) is 6.07 Å². The second-order valence-electron chi connectivity index (χ2n) is 4.48. The minimum Gasteiger partial charge on any atom is -0.345 e. The van der Waals surface area contributed by atoms with Gasteiger partial charge in [0.2, 0.25) is 5.91 Å². The van der Waals surface area contributed by atoms with Crippen molar-refractivity contribution in [1.82, 2.24) is 20.1 Å². The summed E-state index contributed by atoms with van der Waals surface area (Å²) >= 11 is 3.25. The van der Waals surface area contributed by atoms with E-state index in [9.17, 15) is 4.79 Å². The van der Waals surface area contributed by atoms with Crippen LogP contribution in [0.15, 0.2) is 47.5 Å². The maximum absolute atomic E-state index is 12.2. The summed E-state index contributed by atoms with van der Waals surface area (Å²) in [5.41, 5.74) is 0. The average Bonchev–Trinajstić information content (AvgIpc) is 3.22. The van der Waals surface area contributed by atoms with Gasteiger partial charge >= 0.3 is 0 Å². The van der Waals surface area contributed by atoms with E-state index in [4.69, 9.17) is 0 Å². The SMILES string of the molecule is O=C(Cn1cccn1)NC(Cc1cccs1)c1nccs1. The zero-order valence-electron chi connectivity index (χ0n) is 11.2. The highest BCUT2D eigenvalue weighted by Crippen LogP contribution is 2.22. The summed E-state index contributed by atoms with van der Waals surface area (Å²) in [4.78, 5) is 17.7. The van der Waals surface area contributed by atoms with Crippen LogP contribution in [0.1, 0.15) is 15.9 Å². The minimum absolute atomic E-state index is 0.0598. The van der Waals surface area contributed by atoms with Crippen LogP contribution in [0.3, 0.4) is 0 Å². The monoisotopic (exact) mass is 318 g/mol. The van der Waals surface area contributed by atoms with E-state index < -0.39 is 0 Å². The number of nitrogens with one attached hydrogen (secondary N) is 1. The van der Waals surface area contributed by atoms with Crippen LogP contribution in [0.2, 0.25) is 0 Å². The molecule has 3 aromatic heterocycles. The number of hydrogen-bond donors (Lipinski definition) is 1. The molecule has 7 heteroatoms. The fourth-order valence-corrected chi connectivity index (χ4v) is 3.46. The van der Waals surface area contributed by atoms with E-state index in [1.54, 1.807) is 52.0 Å². The second-order valence-corrected chi connectivity index (χ2v) is 6.44. The van der Waals surface area contributed by atoms with Crippen molar-refractivity contribution in [3.63, 3.8) is 0 Å². The van der Waals surface area contributed by atoms with Crippen molar-refractivity contribution in [2.24, 2.45) is 0 Å². The van der Waals surface area contributed by atoms with E-state index in [1.807, 2.05) is 16.8 Å². The molecule has 21 heavy (non-hydrogen) atoms. The van der Waals surface area contributed by atoms with Crippen molar-refractivity contribution < 1.29 is 4.79 Å². The summed E-state index contributed by atoms with van der Waals surface area (Å²) in [5.74, 6) is -0.0598. The lowest BCUT2D eigenvalue weighted by atomic mass is 10.2. The molecule has 3 heterocycles. The highest BCUT2D eigenvalue weighted by atomic mass is 32.1. The molecule has 0 aliphatic heterocycles. The van der Waals surface area contributed by atoms with Crippen LogP contribution in [0, 0.1) is 0 Å². The van der Waals surface area contributed by atoms with E-state index in [-0.39, 0.29) is 18.5 Å². The molecule has 0 saturated carbocycles. The van der Waals surface area contributed by atoms with Crippen LogP contribution in [0.25, 0.3) is 0 Å². The normalized spacial score (nSPS) is 12.2. The lowest BCUT2D eigenvalue weighted by molar-refractivity contribution is -0.122. The molecular weight excluding hydrogens is 304 g/mol. The Morgan fingerprint density at radius 1 is 1.29 bits per heavy atom. The van der Waals surface area contributed by atoms with Gasteiger partial charge in [-0.15, -0.1) is 22.7 Å². The molecule has 1 N–H and O–H groups in total. The van der Waals surface area contributed by atoms with Gasteiger partial charge in [-0.3, -0.25) is 9.48 Å². The largest absolute Gasteiger partial charge is 0.345 e. The molecule has 0 saturated heterocycles. The summed E-state index contributed by atoms with van der Waals surface area (Å²) in [7, 11) is 0. The Hall–Kier alpha value is -1.99. The summed E-state index contributed by atoms with van der Waals surface area (Å²) in [6.07, 6.45) is 5.96. The summed E-state index contributed by atoms with van der Waals surface area (Å²) in [6.45, 7) is 0.222. The number of thiazole rings is 1. The number of amides is 1. The first-order valence-electron chi connectivity index (χ1n) is 6.50. The molecule has 1 unspecified atom stereocenters. The van der Waals surface area contributed by atoms with Gasteiger partial charge in [0, 0.05) is 35.3 Å². The molecule has 0 radical (unpaired) electrons. The van der Waals surface area contributed by atoms with Crippen molar-refractivity contribution in [3.8, 4) is 0 Å². The van der Waals surface area contributed by atoms with Crippen LogP contribution >= 0.6 is 22.7 Å². The van der Waals surface area contributed by atoms with Gasteiger partial charge in [0.05, 0.1) is 6.04 Å². The zero-order valence-corrected chi connectivity index (χ0v) is 12.8. The summed E-state index contributed by atoms with van der Waals surface area (Å²) < 4.78 is 1.61. The first kappa shape index (κ1) is 14.0. The van der Waals surface area contributed by atoms with Gasteiger partial charge in [0.25, 0.3) is 0 Å². The third-order valence-corrected chi connectivity index (χ3v) is 4.72. The highest BCUT2D eigenvalue weighted by Gasteiger charge is 2.18. The zero-order chi connectivity index (χ0) is 14.5. The molecule has 0 bridgehead atoms. The van der Waals surface area contributed by atoms with E-state index in [1.165, 1.54) is 4.88 Å². The molecule has 0 aromatic carbocycles. The maximum atomic E-state index is 12.2. The van der Waals surface area contributed by atoms with Gasteiger partial charge in [-0.25, -0.2) is 4.98 Å². The molecule has 5 nitrogen and oxygen atoms in total. The van der Waals surface area contributed by atoms with Crippen molar-refractivity contribution in [2.75, 3.05) is 0 Å². The quantitative estimate of drug-likeness (QED) is 0.759. The van der Waals surface area contributed by atoms with Crippen LogP contribution in [-0.2, 0) is 17.8 Å². The Morgan fingerprint density at radius 3 is 2.90 bits per heavy atom. The molecule has 0 aliphatic rings. The third-order valence-electron chi connectivity index (χ3n) is 2.93. The topological polar surface area (TPSA) is 59.8 Å². The van der Waals surface area contributed by atoms with Crippen molar-refractivity contribution in [3.05, 3.63) is 57.4 Å². The van der Waals surface area contributed by atoms with E-state index >= 15 is 0 Å². The number of nitrogens with zero attached hydrogens (tertiary/aromatic N) is 3. The standard InChI is InChI=1S/C14H14N4OS2/c19-13(10-18-6-2-4-16-18)17-12(14-15-5-8-21-14)9-11-3-1-7-20-11/h1-8,12H,9-10H2,(H,17,19). The number of rotatable bonds is 6. The van der Waals surface area contributed by atoms with Crippen LogP contribution in [0.4, 0.5) is 0 Å². The Labute approximate surface area is 130 Å². The number of carbonyl (C=O) groups is 1. The van der Waals surface area contributed by atoms with E-state index in [0.29, 0.717) is 0 Å². The first-order chi connectivity index (χ1) is 10.3. The van der Waals surface area contributed by atoms with Gasteiger partial charge in [0.1, 0.15) is 11.6 Å². The smallest absolute Gasteiger partial charge is 0.242 e. The van der Waals surface area contributed by atoms with Crippen molar-refractivity contribution in [1.29, 1.82) is 0 Å². The fourth-order valence-electron chi connectivity index (χ4n) is 2.02. The Kier molecular flexibility index (Phi) is 4.42. The maximum Gasteiger partial charge on any atom is 0.242 e. The van der Waals surface area contributed by atoms with Crippen molar-refractivity contribution >= 4 is 28.6 Å². The predicted octanol–water partition coefficient (Wildman–Crippen LogP) is 2.50. The lowest BCUT2D eigenvalue weighted by Gasteiger charge is -2.16. The number of aromatic nitrogens is 3. The molecule has 3 aromatic rings. The summed E-state index contributed by atoms with van der Waals surface area (Å²) in [5, 5.41) is 12.0. The van der Waals surface area contributed by atoms with Crippen molar-refractivity contribution in [2.45, 2.75) is 19.0 Å². The Morgan fingerprint density at radius 2 is 2.24 bits per heavy atom. The third kappa shape index (κ3) is 3.77. The molecule has 0 spiro atoms. The first-order valence-corrected chi connectivity index (χ1v) is 8.26. The summed E-state index contributed by atoms with van der Waals surface area (Å²) in [6, 6.07) is 5.80. The molecular formula is C14H14N4OS2. The van der Waals surface area contributed by atoms with Crippen LogP contribution in [-0.4, -0.2) is 20.7 Å². The molecule has 108 valence electrons. The number of thiophene rings is 1. The number of carbonyl (C=O) groups excluding carboxylic acids is 1. The van der Waals surface area contributed by atoms with Crippen LogP contribution in [0.5, 0.6) is 0 Å². The lowest BCUT2D eigenvalue weighted by Crippen LogP contribution is -2.32. The predicted molar refractivity (Wildman–Crippen MR) is 83.2 cm³/mol. The Balaban J connectivity index is 1.68. The minimum atomic E-state index is -0.0910. The molecule has 1 atom stereocenters. The highest BCUT2D eigenvalue weighted by molar-refractivity contribution is 7.10. The molecule has 0 aliphatic carbocycles. The van der Waals surface area contributed by atoms with E-state index in [2.05, 4.69) is 21.5 Å². The average molecular weight is 318 g/mol. The van der Waals surface area contributed by atoms with Crippen LogP contribution < -0.4 is 5.32 Å².